The second kappa shape index (κ2) is 4.92. The van der Waals surface area contributed by atoms with E-state index in [9.17, 15) is 5.11 Å². The first-order valence-corrected chi connectivity index (χ1v) is 6.42. The summed E-state index contributed by atoms with van der Waals surface area (Å²) in [7, 11) is 0. The molecule has 0 spiro atoms. The van der Waals surface area contributed by atoms with Crippen LogP contribution in [0.1, 0.15) is 13.3 Å². The molecule has 1 aromatic rings. The average Bonchev–Trinajstić information content (AvgIpc) is 2.65. The van der Waals surface area contributed by atoms with Crippen LogP contribution in [0.4, 0.5) is 11.4 Å². The largest absolute Gasteiger partial charge is 0.399 e. The molecule has 1 fully saturated rings. The Balaban J connectivity index is 2.25. The monoisotopic (exact) mass is 274 g/mol. The lowest BCUT2D eigenvalue weighted by Crippen LogP contribution is -2.24. The zero-order chi connectivity index (χ0) is 12.6. The quantitative estimate of drug-likeness (QED) is 0.816. The molecule has 1 saturated heterocycles. The summed E-state index contributed by atoms with van der Waals surface area (Å²) in [4.78, 5) is 2.11. The summed E-state index contributed by atoms with van der Waals surface area (Å²) in [5.41, 5.74) is 7.06. The SMILES string of the molecule is CC(O)C1CCN(c2c(Cl)cc(N)cc2Cl)C1. The second-order valence-electron chi connectivity index (χ2n) is 4.57. The van der Waals surface area contributed by atoms with Gasteiger partial charge in [-0.05, 0) is 25.5 Å². The van der Waals surface area contributed by atoms with Crippen LogP contribution in [-0.2, 0) is 0 Å². The Kier molecular flexibility index (Phi) is 3.71. The first-order chi connectivity index (χ1) is 7.99. The van der Waals surface area contributed by atoms with E-state index in [2.05, 4.69) is 4.90 Å². The maximum absolute atomic E-state index is 9.59. The van der Waals surface area contributed by atoms with Gasteiger partial charge in [0.25, 0.3) is 0 Å². The first kappa shape index (κ1) is 12.8. The van der Waals surface area contributed by atoms with Gasteiger partial charge in [-0.1, -0.05) is 23.2 Å². The van der Waals surface area contributed by atoms with Gasteiger partial charge in [0.1, 0.15) is 0 Å². The van der Waals surface area contributed by atoms with Crippen LogP contribution in [0.25, 0.3) is 0 Å². The number of hydrogen-bond acceptors (Lipinski definition) is 3. The number of hydrogen-bond donors (Lipinski definition) is 2. The minimum Gasteiger partial charge on any atom is -0.399 e. The van der Waals surface area contributed by atoms with Crippen LogP contribution >= 0.6 is 23.2 Å². The number of aliphatic hydroxyl groups excluding tert-OH is 1. The van der Waals surface area contributed by atoms with Crippen molar-refractivity contribution in [2.45, 2.75) is 19.4 Å². The van der Waals surface area contributed by atoms with E-state index in [0.717, 1.165) is 25.2 Å². The van der Waals surface area contributed by atoms with Crippen molar-refractivity contribution in [3.63, 3.8) is 0 Å². The summed E-state index contributed by atoms with van der Waals surface area (Å²) >= 11 is 12.3. The Morgan fingerprint density at radius 1 is 1.41 bits per heavy atom. The van der Waals surface area contributed by atoms with E-state index in [1.807, 2.05) is 6.92 Å². The third-order valence-corrected chi connectivity index (χ3v) is 3.84. The molecule has 3 nitrogen and oxygen atoms in total. The summed E-state index contributed by atoms with van der Waals surface area (Å²) in [6.45, 7) is 3.46. The van der Waals surface area contributed by atoms with Crippen LogP contribution in [-0.4, -0.2) is 24.3 Å². The van der Waals surface area contributed by atoms with Gasteiger partial charge in [-0.25, -0.2) is 0 Å². The van der Waals surface area contributed by atoms with Gasteiger partial charge in [0.2, 0.25) is 0 Å². The molecule has 0 bridgehead atoms. The highest BCUT2D eigenvalue weighted by Crippen LogP contribution is 2.38. The smallest absolute Gasteiger partial charge is 0.0746 e. The van der Waals surface area contributed by atoms with Gasteiger partial charge in [0, 0.05) is 24.7 Å². The third-order valence-electron chi connectivity index (χ3n) is 3.26. The Morgan fingerprint density at radius 2 is 2.00 bits per heavy atom. The molecule has 0 aromatic heterocycles. The Labute approximate surface area is 111 Å². The molecule has 2 rings (SSSR count). The van der Waals surface area contributed by atoms with Gasteiger partial charge in [-0.3, -0.25) is 0 Å². The maximum atomic E-state index is 9.59. The number of nitrogen functional groups attached to an aromatic ring is 1. The van der Waals surface area contributed by atoms with E-state index in [1.54, 1.807) is 12.1 Å². The van der Waals surface area contributed by atoms with E-state index in [-0.39, 0.29) is 12.0 Å². The molecule has 3 N–H and O–H groups in total. The van der Waals surface area contributed by atoms with Gasteiger partial charge in [0.15, 0.2) is 0 Å². The zero-order valence-electron chi connectivity index (χ0n) is 9.66. The first-order valence-electron chi connectivity index (χ1n) is 5.66. The van der Waals surface area contributed by atoms with Crippen LogP contribution in [0.3, 0.4) is 0 Å². The molecule has 2 unspecified atom stereocenters. The lowest BCUT2D eigenvalue weighted by atomic mass is 10.0. The number of benzene rings is 1. The van der Waals surface area contributed by atoms with Crippen molar-refractivity contribution in [3.8, 4) is 0 Å². The van der Waals surface area contributed by atoms with Crippen molar-refractivity contribution >= 4 is 34.6 Å². The van der Waals surface area contributed by atoms with Crippen LogP contribution in [0, 0.1) is 5.92 Å². The van der Waals surface area contributed by atoms with Crippen LogP contribution in [0.2, 0.25) is 10.0 Å². The predicted octanol–water partition coefficient (Wildman–Crippen LogP) is 2.78. The normalized spacial score (nSPS) is 21.9. The summed E-state index contributed by atoms with van der Waals surface area (Å²) < 4.78 is 0. The van der Waals surface area contributed by atoms with E-state index in [4.69, 9.17) is 28.9 Å². The van der Waals surface area contributed by atoms with Crippen molar-refractivity contribution < 1.29 is 5.11 Å². The third kappa shape index (κ3) is 2.62. The molecule has 2 atom stereocenters. The summed E-state index contributed by atoms with van der Waals surface area (Å²) in [5.74, 6) is 0.277. The van der Waals surface area contributed by atoms with E-state index < -0.39 is 0 Å². The van der Waals surface area contributed by atoms with Crippen molar-refractivity contribution in [1.29, 1.82) is 0 Å². The van der Waals surface area contributed by atoms with Gasteiger partial charge in [0.05, 0.1) is 21.8 Å². The zero-order valence-corrected chi connectivity index (χ0v) is 11.2. The molecule has 0 amide bonds. The molecular formula is C12H16Cl2N2O. The molecule has 0 aliphatic carbocycles. The lowest BCUT2D eigenvalue weighted by Gasteiger charge is -2.22. The predicted molar refractivity (Wildman–Crippen MR) is 72.9 cm³/mol. The fraction of sp³-hybridized carbons (Fsp3) is 0.500. The van der Waals surface area contributed by atoms with E-state index >= 15 is 0 Å². The van der Waals surface area contributed by atoms with Crippen LogP contribution in [0.5, 0.6) is 0 Å². The Morgan fingerprint density at radius 3 is 2.47 bits per heavy atom. The summed E-state index contributed by atoms with van der Waals surface area (Å²) in [5, 5.41) is 10.7. The highest BCUT2D eigenvalue weighted by Gasteiger charge is 2.28. The van der Waals surface area contributed by atoms with Crippen molar-refractivity contribution in [3.05, 3.63) is 22.2 Å². The molecule has 1 aliphatic rings. The van der Waals surface area contributed by atoms with Gasteiger partial charge >= 0.3 is 0 Å². The van der Waals surface area contributed by atoms with Crippen molar-refractivity contribution in [2.24, 2.45) is 5.92 Å². The number of halogens is 2. The summed E-state index contributed by atoms with van der Waals surface area (Å²) in [6, 6.07) is 3.41. The van der Waals surface area contributed by atoms with Gasteiger partial charge in [-0.15, -0.1) is 0 Å². The highest BCUT2D eigenvalue weighted by molar-refractivity contribution is 6.39. The topological polar surface area (TPSA) is 49.5 Å². The summed E-state index contributed by atoms with van der Waals surface area (Å²) in [6.07, 6.45) is 0.653. The second-order valence-corrected chi connectivity index (χ2v) is 5.38. The lowest BCUT2D eigenvalue weighted by molar-refractivity contribution is 0.136. The number of nitrogens with two attached hydrogens (primary N) is 1. The van der Waals surface area contributed by atoms with Crippen LogP contribution in [0.15, 0.2) is 12.1 Å². The minimum atomic E-state index is -0.300. The number of aliphatic hydroxyl groups is 1. The molecule has 1 aromatic carbocycles. The molecular weight excluding hydrogens is 259 g/mol. The fourth-order valence-electron chi connectivity index (χ4n) is 2.27. The van der Waals surface area contributed by atoms with Crippen molar-refractivity contribution in [2.75, 3.05) is 23.7 Å². The van der Waals surface area contributed by atoms with E-state index in [0.29, 0.717) is 15.7 Å². The van der Waals surface area contributed by atoms with Crippen molar-refractivity contribution in [1.82, 2.24) is 0 Å². The molecule has 0 radical (unpaired) electrons. The highest BCUT2D eigenvalue weighted by atomic mass is 35.5. The Hall–Kier alpha value is -0.640. The molecule has 5 heteroatoms. The molecule has 94 valence electrons. The maximum Gasteiger partial charge on any atom is 0.0746 e. The van der Waals surface area contributed by atoms with Crippen LogP contribution < -0.4 is 10.6 Å². The van der Waals surface area contributed by atoms with Gasteiger partial charge < -0.3 is 15.7 Å². The number of nitrogens with zero attached hydrogens (tertiary/aromatic N) is 1. The molecule has 1 heterocycles. The molecule has 0 saturated carbocycles. The van der Waals surface area contributed by atoms with E-state index in [1.165, 1.54) is 0 Å². The number of anilines is 2. The standard InChI is InChI=1S/C12H16Cl2N2O/c1-7(17)8-2-3-16(6-8)12-10(13)4-9(15)5-11(12)14/h4-5,7-8,17H,2-3,6,15H2,1H3. The average molecular weight is 275 g/mol. The fourth-order valence-corrected chi connectivity index (χ4v) is 3.01. The number of rotatable bonds is 2. The van der Waals surface area contributed by atoms with Gasteiger partial charge in [-0.2, -0.15) is 0 Å². The molecule has 1 aliphatic heterocycles. The molecule has 17 heavy (non-hydrogen) atoms. The minimum absolute atomic E-state index is 0.277. The Bertz CT molecular complexity index is 400.